The lowest BCUT2D eigenvalue weighted by atomic mass is 10.4. The van der Waals surface area contributed by atoms with Gasteiger partial charge in [0, 0.05) is 6.42 Å². The van der Waals surface area contributed by atoms with Gasteiger partial charge in [-0.05, 0) is 6.92 Å². The van der Waals surface area contributed by atoms with Gasteiger partial charge in [0.05, 0.1) is 5.76 Å². The molecule has 0 saturated carbocycles. The molecule has 0 aliphatic heterocycles. The van der Waals surface area contributed by atoms with E-state index in [0.717, 1.165) is 12.2 Å². The average molecular weight is 220 g/mol. The molecule has 0 atom stereocenters. The minimum atomic E-state index is -2.91. The largest absolute Gasteiger partial charge is 0.555 e. The summed E-state index contributed by atoms with van der Waals surface area (Å²) < 4.78 is 5.03. The molecule has 60 valence electrons. The van der Waals surface area contributed by atoms with Crippen LogP contribution >= 0.6 is 33.2 Å². The summed E-state index contributed by atoms with van der Waals surface area (Å²) in [5, 5.41) is 0. The minimum Gasteiger partial charge on any atom is -0.512 e. The Morgan fingerprint density at radius 1 is 1.50 bits per heavy atom. The average Bonchev–Trinajstić information content (AvgIpc) is 1.81. The van der Waals surface area contributed by atoms with E-state index < -0.39 is 6.25 Å². The monoisotopic (exact) mass is 218 g/mol. The van der Waals surface area contributed by atoms with Crippen LogP contribution in [0.4, 0.5) is 0 Å². The molecule has 0 bridgehead atoms. The third-order valence-electron chi connectivity index (χ3n) is 0.917. The van der Waals surface area contributed by atoms with E-state index in [1.807, 2.05) is 13.8 Å². The topological polar surface area (TPSA) is 9.23 Å². The maximum absolute atomic E-state index is 5.49. The lowest BCUT2D eigenvalue weighted by molar-refractivity contribution is 0.433. The molecule has 0 N–H and O–H groups in total. The molecule has 0 fully saturated rings. The number of allylic oxidation sites excluding steroid dienone is 2. The van der Waals surface area contributed by atoms with Crippen molar-refractivity contribution in [3.05, 3.63) is 11.8 Å². The van der Waals surface area contributed by atoms with E-state index in [9.17, 15) is 0 Å². The van der Waals surface area contributed by atoms with Crippen LogP contribution < -0.4 is 0 Å². The van der Waals surface area contributed by atoms with Gasteiger partial charge < -0.3 is 4.43 Å². The lowest BCUT2D eigenvalue weighted by Gasteiger charge is -2.12. The van der Waals surface area contributed by atoms with Crippen LogP contribution in [0.1, 0.15) is 20.3 Å². The first kappa shape index (κ1) is 10.6. The molecule has 10 heavy (non-hydrogen) atoms. The Morgan fingerprint density at radius 3 is 2.10 bits per heavy atom. The summed E-state index contributed by atoms with van der Waals surface area (Å²) in [5.41, 5.74) is 0. The number of hydrogen-bond donors (Lipinski definition) is 0. The van der Waals surface area contributed by atoms with Crippen LogP contribution in [0.5, 0.6) is 0 Å². The normalized spacial score (nSPS) is 13.5. The Balaban J connectivity index is 3.88. The van der Waals surface area contributed by atoms with Gasteiger partial charge in [-0.15, -0.1) is 0 Å². The van der Waals surface area contributed by atoms with Gasteiger partial charge in [-0.3, -0.25) is 0 Å². The fourth-order valence-electron chi connectivity index (χ4n) is 0.484. The number of halogens is 3. The van der Waals surface area contributed by atoms with Crippen molar-refractivity contribution in [3.8, 4) is 0 Å². The van der Waals surface area contributed by atoms with Crippen molar-refractivity contribution in [2.24, 2.45) is 0 Å². The maximum atomic E-state index is 5.49. The van der Waals surface area contributed by atoms with Crippen LogP contribution in [0, 0.1) is 0 Å². The van der Waals surface area contributed by atoms with Gasteiger partial charge >= 0.3 is 6.25 Å². The van der Waals surface area contributed by atoms with E-state index in [1.54, 1.807) is 6.08 Å². The smallest absolute Gasteiger partial charge is 0.512 e. The molecule has 0 amide bonds. The lowest BCUT2D eigenvalue weighted by Crippen LogP contribution is -2.15. The SMILES string of the molecule is C/C=C(\CC)O[Si](Cl)(Cl)Cl. The zero-order valence-corrected chi connectivity index (χ0v) is 9.09. The molecule has 0 saturated heterocycles. The van der Waals surface area contributed by atoms with Crippen molar-refractivity contribution in [3.63, 3.8) is 0 Å². The van der Waals surface area contributed by atoms with Gasteiger partial charge in [-0.1, -0.05) is 46.2 Å². The summed E-state index contributed by atoms with van der Waals surface area (Å²) in [6.45, 7) is 3.80. The molecule has 0 aliphatic rings. The summed E-state index contributed by atoms with van der Waals surface area (Å²) in [5.74, 6) is 0.742. The van der Waals surface area contributed by atoms with Crippen molar-refractivity contribution in [1.82, 2.24) is 0 Å². The first-order valence-electron chi connectivity index (χ1n) is 2.90. The maximum Gasteiger partial charge on any atom is 0.555 e. The second-order valence-corrected chi connectivity index (χ2v) is 9.28. The van der Waals surface area contributed by atoms with E-state index in [2.05, 4.69) is 0 Å². The second kappa shape index (κ2) is 4.49. The molecular formula is C5H9Cl3OSi. The summed E-state index contributed by atoms with van der Waals surface area (Å²) in [6, 6.07) is 0. The molecule has 0 radical (unpaired) electrons. The molecule has 0 unspecified atom stereocenters. The van der Waals surface area contributed by atoms with Gasteiger partial charge in [-0.25, -0.2) is 0 Å². The molecule has 0 spiro atoms. The number of hydrogen-bond acceptors (Lipinski definition) is 1. The van der Waals surface area contributed by atoms with Gasteiger partial charge in [0.25, 0.3) is 0 Å². The molecular weight excluding hydrogens is 210 g/mol. The zero-order valence-electron chi connectivity index (χ0n) is 5.83. The molecule has 0 aliphatic carbocycles. The molecule has 0 heterocycles. The first-order valence-corrected chi connectivity index (χ1v) is 7.85. The Labute approximate surface area is 76.2 Å². The Kier molecular flexibility index (Phi) is 4.78. The number of rotatable bonds is 3. The summed E-state index contributed by atoms with van der Waals surface area (Å²) in [7, 11) is 0. The third-order valence-corrected chi connectivity index (χ3v) is 2.11. The van der Waals surface area contributed by atoms with Crippen LogP contribution in [0.25, 0.3) is 0 Å². The molecule has 0 aromatic carbocycles. The van der Waals surface area contributed by atoms with E-state index in [-0.39, 0.29) is 0 Å². The highest BCUT2D eigenvalue weighted by Crippen LogP contribution is 2.25. The van der Waals surface area contributed by atoms with Gasteiger partial charge in [-0.2, -0.15) is 0 Å². The highest BCUT2D eigenvalue weighted by atomic mass is 35.8. The summed E-state index contributed by atoms with van der Waals surface area (Å²) in [4.78, 5) is 0. The molecule has 0 aromatic rings. The van der Waals surface area contributed by atoms with Crippen molar-refractivity contribution >= 4 is 39.5 Å². The Hall–Kier alpha value is 0.627. The molecule has 1 nitrogen and oxygen atoms in total. The van der Waals surface area contributed by atoms with Crippen molar-refractivity contribution in [2.45, 2.75) is 20.3 Å². The Bertz CT molecular complexity index is 129. The second-order valence-electron chi connectivity index (χ2n) is 1.66. The fraction of sp³-hybridized carbons (Fsp3) is 0.600. The van der Waals surface area contributed by atoms with E-state index in [0.29, 0.717) is 0 Å². The summed E-state index contributed by atoms with van der Waals surface area (Å²) >= 11 is 16.5. The van der Waals surface area contributed by atoms with Crippen LogP contribution in [-0.4, -0.2) is 6.25 Å². The molecule has 5 heteroatoms. The van der Waals surface area contributed by atoms with Crippen LogP contribution in [0.3, 0.4) is 0 Å². The molecule has 0 aromatic heterocycles. The fourth-order valence-corrected chi connectivity index (χ4v) is 1.94. The molecule has 0 rings (SSSR count). The van der Waals surface area contributed by atoms with Crippen molar-refractivity contribution in [1.29, 1.82) is 0 Å². The van der Waals surface area contributed by atoms with Gasteiger partial charge in [0.2, 0.25) is 0 Å². The van der Waals surface area contributed by atoms with E-state index in [4.69, 9.17) is 37.7 Å². The standard InChI is InChI=1S/C5H9Cl3OSi/c1-3-5(4-2)9-10(6,7)8/h3H,4H2,1-2H3/b5-3+. The highest BCUT2D eigenvalue weighted by Gasteiger charge is 2.30. The predicted octanol–water partition coefficient (Wildman–Crippen LogP) is 3.47. The third kappa shape index (κ3) is 5.41. The van der Waals surface area contributed by atoms with Crippen LogP contribution in [0.15, 0.2) is 11.8 Å². The van der Waals surface area contributed by atoms with Crippen molar-refractivity contribution in [2.75, 3.05) is 0 Å². The summed E-state index contributed by atoms with van der Waals surface area (Å²) in [6.07, 6.45) is -0.352. The van der Waals surface area contributed by atoms with Crippen LogP contribution in [-0.2, 0) is 4.43 Å². The van der Waals surface area contributed by atoms with Crippen molar-refractivity contribution < 1.29 is 4.43 Å². The van der Waals surface area contributed by atoms with Crippen LogP contribution in [0.2, 0.25) is 0 Å². The predicted molar refractivity (Wildman–Crippen MR) is 48.4 cm³/mol. The highest BCUT2D eigenvalue weighted by molar-refractivity contribution is 7.62. The minimum absolute atomic E-state index is 0.742. The first-order chi connectivity index (χ1) is 4.49. The zero-order chi connectivity index (χ0) is 8.20. The Morgan fingerprint density at radius 2 is 2.00 bits per heavy atom. The van der Waals surface area contributed by atoms with Gasteiger partial charge in [0.1, 0.15) is 0 Å². The van der Waals surface area contributed by atoms with E-state index >= 15 is 0 Å². The quantitative estimate of drug-likeness (QED) is 0.401. The van der Waals surface area contributed by atoms with E-state index in [1.165, 1.54) is 0 Å². The van der Waals surface area contributed by atoms with Gasteiger partial charge in [0.15, 0.2) is 0 Å².